The van der Waals surface area contributed by atoms with Gasteiger partial charge < -0.3 is 9.64 Å². The highest BCUT2D eigenvalue weighted by atomic mass is 19.4. The van der Waals surface area contributed by atoms with Gasteiger partial charge in [-0.05, 0) is 31.9 Å². The molecule has 0 saturated carbocycles. The van der Waals surface area contributed by atoms with Gasteiger partial charge in [0.1, 0.15) is 17.6 Å². The monoisotopic (exact) mass is 288 g/mol. The topological polar surface area (TPSA) is 42.4 Å². The van der Waals surface area contributed by atoms with E-state index in [0.29, 0.717) is 13.0 Å². The highest BCUT2D eigenvalue weighted by Gasteiger charge is 2.36. The Balaban J connectivity index is 2.24. The van der Waals surface area contributed by atoms with Crippen LogP contribution < -0.4 is 4.90 Å². The van der Waals surface area contributed by atoms with E-state index >= 15 is 0 Å². The molecule has 4 nitrogen and oxygen atoms in total. The SMILES string of the molecule is CCOC(=O)C1CCCN1c1cccc(C(F)(F)F)n1. The van der Waals surface area contributed by atoms with E-state index in [4.69, 9.17) is 4.74 Å². The third kappa shape index (κ3) is 3.02. The zero-order valence-electron chi connectivity index (χ0n) is 11.0. The number of esters is 1. The van der Waals surface area contributed by atoms with Crippen LogP contribution in [0, 0.1) is 0 Å². The molecule has 0 aliphatic carbocycles. The molecule has 0 amide bonds. The lowest BCUT2D eigenvalue weighted by atomic mass is 10.2. The van der Waals surface area contributed by atoms with Crippen LogP contribution in [0.3, 0.4) is 0 Å². The summed E-state index contributed by atoms with van der Waals surface area (Å²) >= 11 is 0. The molecule has 1 aromatic rings. The first-order valence-corrected chi connectivity index (χ1v) is 6.41. The van der Waals surface area contributed by atoms with Crippen molar-refractivity contribution >= 4 is 11.8 Å². The summed E-state index contributed by atoms with van der Waals surface area (Å²) in [6, 6.07) is 3.14. The number of ether oxygens (including phenoxy) is 1. The first-order chi connectivity index (χ1) is 9.43. The Morgan fingerprint density at radius 3 is 2.90 bits per heavy atom. The molecule has 1 saturated heterocycles. The Kier molecular flexibility index (Phi) is 4.15. The number of aromatic nitrogens is 1. The molecule has 1 atom stereocenters. The summed E-state index contributed by atoms with van der Waals surface area (Å²) in [7, 11) is 0. The smallest absolute Gasteiger partial charge is 0.433 e. The number of anilines is 1. The van der Waals surface area contributed by atoms with Gasteiger partial charge in [-0.3, -0.25) is 0 Å². The van der Waals surface area contributed by atoms with Gasteiger partial charge in [0.15, 0.2) is 0 Å². The maximum absolute atomic E-state index is 12.7. The van der Waals surface area contributed by atoms with Gasteiger partial charge in [0.25, 0.3) is 0 Å². The lowest BCUT2D eigenvalue weighted by Crippen LogP contribution is -2.38. The van der Waals surface area contributed by atoms with E-state index in [1.807, 2.05) is 0 Å². The third-order valence-corrected chi connectivity index (χ3v) is 3.13. The Bertz CT molecular complexity index is 491. The molecule has 1 unspecified atom stereocenters. The number of hydrogen-bond donors (Lipinski definition) is 0. The highest BCUT2D eigenvalue weighted by molar-refractivity contribution is 5.80. The van der Waals surface area contributed by atoms with Crippen molar-refractivity contribution in [2.75, 3.05) is 18.1 Å². The highest BCUT2D eigenvalue weighted by Crippen LogP contribution is 2.31. The third-order valence-electron chi connectivity index (χ3n) is 3.13. The first-order valence-electron chi connectivity index (χ1n) is 6.41. The van der Waals surface area contributed by atoms with E-state index in [9.17, 15) is 18.0 Å². The minimum absolute atomic E-state index is 0.162. The van der Waals surface area contributed by atoms with E-state index in [2.05, 4.69) is 4.98 Å². The van der Waals surface area contributed by atoms with Crippen molar-refractivity contribution < 1.29 is 22.7 Å². The summed E-state index contributed by atoms with van der Waals surface area (Å²) in [5.74, 6) is -0.250. The number of carbonyl (C=O) groups excluding carboxylic acids is 1. The van der Waals surface area contributed by atoms with Crippen molar-refractivity contribution in [2.45, 2.75) is 32.0 Å². The van der Waals surface area contributed by atoms with Gasteiger partial charge in [-0.25, -0.2) is 9.78 Å². The van der Waals surface area contributed by atoms with E-state index in [-0.39, 0.29) is 12.4 Å². The van der Waals surface area contributed by atoms with Crippen LogP contribution in [-0.2, 0) is 15.7 Å². The molecule has 0 radical (unpaired) electrons. The van der Waals surface area contributed by atoms with Gasteiger partial charge in [-0.1, -0.05) is 6.07 Å². The van der Waals surface area contributed by atoms with Gasteiger partial charge in [0, 0.05) is 6.54 Å². The Morgan fingerprint density at radius 2 is 2.25 bits per heavy atom. The minimum atomic E-state index is -4.49. The Hall–Kier alpha value is -1.79. The van der Waals surface area contributed by atoms with Crippen LogP contribution in [0.2, 0.25) is 0 Å². The van der Waals surface area contributed by atoms with Gasteiger partial charge >= 0.3 is 12.1 Å². The zero-order valence-corrected chi connectivity index (χ0v) is 11.0. The first kappa shape index (κ1) is 14.6. The van der Waals surface area contributed by atoms with Gasteiger partial charge in [0.2, 0.25) is 0 Å². The molecule has 1 fully saturated rings. The molecule has 1 aromatic heterocycles. The average molecular weight is 288 g/mol. The number of hydrogen-bond acceptors (Lipinski definition) is 4. The predicted molar refractivity (Wildman–Crippen MR) is 66.2 cm³/mol. The van der Waals surface area contributed by atoms with Crippen molar-refractivity contribution in [2.24, 2.45) is 0 Å². The molecule has 7 heteroatoms. The number of nitrogens with zero attached hydrogens (tertiary/aromatic N) is 2. The molecule has 0 N–H and O–H groups in total. The summed E-state index contributed by atoms with van der Waals surface area (Å²) in [6.07, 6.45) is -3.20. The van der Waals surface area contributed by atoms with Gasteiger partial charge in [-0.2, -0.15) is 13.2 Å². The zero-order chi connectivity index (χ0) is 14.8. The van der Waals surface area contributed by atoms with Crippen LogP contribution in [0.25, 0.3) is 0 Å². The van der Waals surface area contributed by atoms with Crippen LogP contribution in [0.4, 0.5) is 19.0 Å². The number of carbonyl (C=O) groups is 1. The summed E-state index contributed by atoms with van der Waals surface area (Å²) in [6.45, 7) is 2.44. The van der Waals surface area contributed by atoms with Gasteiger partial charge in [-0.15, -0.1) is 0 Å². The summed E-state index contributed by atoms with van der Waals surface area (Å²) < 4.78 is 42.9. The fourth-order valence-electron chi connectivity index (χ4n) is 2.27. The van der Waals surface area contributed by atoms with E-state index in [1.54, 1.807) is 11.8 Å². The molecule has 2 rings (SSSR count). The molecular formula is C13H15F3N2O2. The van der Waals surface area contributed by atoms with Crippen LogP contribution in [0.15, 0.2) is 18.2 Å². The van der Waals surface area contributed by atoms with Crippen molar-refractivity contribution in [1.82, 2.24) is 4.98 Å². The second-order valence-corrected chi connectivity index (χ2v) is 4.48. The minimum Gasteiger partial charge on any atom is -0.464 e. The largest absolute Gasteiger partial charge is 0.464 e. The summed E-state index contributed by atoms with van der Waals surface area (Å²) in [4.78, 5) is 17.0. The van der Waals surface area contributed by atoms with Crippen LogP contribution in [0.5, 0.6) is 0 Å². The molecule has 0 bridgehead atoms. The van der Waals surface area contributed by atoms with E-state index in [1.165, 1.54) is 12.1 Å². The Morgan fingerprint density at radius 1 is 1.50 bits per heavy atom. The number of halogens is 3. The molecule has 1 aliphatic heterocycles. The molecule has 0 aromatic carbocycles. The van der Waals surface area contributed by atoms with Crippen LogP contribution >= 0.6 is 0 Å². The molecule has 1 aliphatic rings. The molecule has 2 heterocycles. The summed E-state index contributed by atoms with van der Waals surface area (Å²) in [5.41, 5.74) is -0.954. The summed E-state index contributed by atoms with van der Waals surface area (Å²) in [5, 5.41) is 0. The lowest BCUT2D eigenvalue weighted by molar-refractivity contribution is -0.144. The fraction of sp³-hybridized carbons (Fsp3) is 0.538. The van der Waals surface area contributed by atoms with E-state index < -0.39 is 23.9 Å². The molecular weight excluding hydrogens is 273 g/mol. The van der Waals surface area contributed by atoms with Crippen LogP contribution in [0.1, 0.15) is 25.5 Å². The van der Waals surface area contributed by atoms with Gasteiger partial charge in [0.05, 0.1) is 6.61 Å². The number of alkyl halides is 3. The predicted octanol–water partition coefficient (Wildman–Crippen LogP) is 2.63. The maximum Gasteiger partial charge on any atom is 0.433 e. The maximum atomic E-state index is 12.7. The van der Waals surface area contributed by atoms with E-state index in [0.717, 1.165) is 12.5 Å². The number of pyridine rings is 1. The normalized spacial score (nSPS) is 19.2. The molecule has 20 heavy (non-hydrogen) atoms. The second kappa shape index (κ2) is 5.68. The van der Waals surface area contributed by atoms with Crippen molar-refractivity contribution in [1.29, 1.82) is 0 Å². The fourth-order valence-corrected chi connectivity index (χ4v) is 2.27. The van der Waals surface area contributed by atoms with Crippen LogP contribution in [-0.4, -0.2) is 30.1 Å². The Labute approximate surface area is 114 Å². The lowest BCUT2D eigenvalue weighted by Gasteiger charge is -2.24. The quantitative estimate of drug-likeness (QED) is 0.802. The van der Waals surface area contributed by atoms with Crippen molar-refractivity contribution in [3.05, 3.63) is 23.9 Å². The number of rotatable bonds is 3. The standard InChI is InChI=1S/C13H15F3N2O2/c1-2-20-12(19)9-5-4-8-18(9)11-7-3-6-10(17-11)13(14,15)16/h3,6-7,9H,2,4-5,8H2,1H3. The van der Waals surface area contributed by atoms with Crippen molar-refractivity contribution in [3.8, 4) is 0 Å². The second-order valence-electron chi connectivity index (χ2n) is 4.48. The van der Waals surface area contributed by atoms with Crippen molar-refractivity contribution in [3.63, 3.8) is 0 Å². The molecule has 0 spiro atoms. The molecule has 110 valence electrons. The average Bonchev–Trinajstić information content (AvgIpc) is 2.87.